The zero-order valence-corrected chi connectivity index (χ0v) is 10.3. The standard InChI is InChI=1S/C13H15N3S/c14-12-16-11-10(17-12)7-4-8-13(11,15)9-5-2-1-3-6-9/h1-3,5-6H,4,7-8,15H2,(H2,14,16). The van der Waals surface area contributed by atoms with E-state index in [9.17, 15) is 0 Å². The van der Waals surface area contributed by atoms with E-state index in [0.717, 1.165) is 30.5 Å². The smallest absolute Gasteiger partial charge is 0.180 e. The lowest BCUT2D eigenvalue weighted by molar-refractivity contribution is 0.435. The number of rotatable bonds is 1. The number of hydrogen-bond donors (Lipinski definition) is 2. The molecule has 88 valence electrons. The summed E-state index contributed by atoms with van der Waals surface area (Å²) in [5.74, 6) is 0. The lowest BCUT2D eigenvalue weighted by Crippen LogP contribution is -2.41. The van der Waals surface area contributed by atoms with Crippen LogP contribution in [0.25, 0.3) is 0 Å². The van der Waals surface area contributed by atoms with Gasteiger partial charge in [-0.3, -0.25) is 0 Å². The molecule has 4 N–H and O–H groups in total. The van der Waals surface area contributed by atoms with Crippen molar-refractivity contribution in [2.24, 2.45) is 5.73 Å². The molecule has 1 heterocycles. The highest BCUT2D eigenvalue weighted by molar-refractivity contribution is 7.15. The average molecular weight is 245 g/mol. The van der Waals surface area contributed by atoms with E-state index in [2.05, 4.69) is 17.1 Å². The first-order chi connectivity index (χ1) is 8.20. The van der Waals surface area contributed by atoms with Gasteiger partial charge in [-0.2, -0.15) is 0 Å². The molecule has 0 spiro atoms. The molecular weight excluding hydrogens is 230 g/mol. The van der Waals surface area contributed by atoms with Crippen LogP contribution in [0.3, 0.4) is 0 Å². The Morgan fingerprint density at radius 1 is 1.24 bits per heavy atom. The third-order valence-electron chi connectivity index (χ3n) is 3.40. The van der Waals surface area contributed by atoms with Gasteiger partial charge < -0.3 is 11.5 Å². The van der Waals surface area contributed by atoms with Gasteiger partial charge in [-0.15, -0.1) is 11.3 Å². The van der Waals surface area contributed by atoms with Crippen LogP contribution >= 0.6 is 11.3 Å². The molecule has 1 aliphatic rings. The molecule has 0 fully saturated rings. The average Bonchev–Trinajstić information content (AvgIpc) is 2.73. The van der Waals surface area contributed by atoms with Gasteiger partial charge in [-0.05, 0) is 24.8 Å². The van der Waals surface area contributed by atoms with Gasteiger partial charge in [0.1, 0.15) is 0 Å². The van der Waals surface area contributed by atoms with Crippen LogP contribution in [0.1, 0.15) is 29.0 Å². The predicted molar refractivity (Wildman–Crippen MR) is 70.9 cm³/mol. The third-order valence-corrected chi connectivity index (χ3v) is 4.34. The summed E-state index contributed by atoms with van der Waals surface area (Å²) in [7, 11) is 0. The molecule has 0 bridgehead atoms. The van der Waals surface area contributed by atoms with Gasteiger partial charge in [-0.25, -0.2) is 4.98 Å². The molecule has 0 saturated carbocycles. The molecule has 1 aliphatic carbocycles. The molecule has 0 saturated heterocycles. The van der Waals surface area contributed by atoms with Crippen LogP contribution in [0.4, 0.5) is 5.13 Å². The van der Waals surface area contributed by atoms with Gasteiger partial charge in [0.15, 0.2) is 5.13 Å². The number of aromatic nitrogens is 1. The number of thiazole rings is 1. The number of benzene rings is 1. The zero-order valence-electron chi connectivity index (χ0n) is 9.52. The van der Waals surface area contributed by atoms with Crippen molar-refractivity contribution in [1.82, 2.24) is 4.98 Å². The van der Waals surface area contributed by atoms with Crippen LogP contribution in [0.5, 0.6) is 0 Å². The summed E-state index contributed by atoms with van der Waals surface area (Å²) in [5.41, 5.74) is 14.1. The van der Waals surface area contributed by atoms with Crippen LogP contribution in [-0.4, -0.2) is 4.98 Å². The Kier molecular flexibility index (Phi) is 2.42. The molecule has 1 atom stereocenters. The monoisotopic (exact) mass is 245 g/mol. The Bertz CT molecular complexity index is 535. The molecule has 3 nitrogen and oxygen atoms in total. The summed E-state index contributed by atoms with van der Waals surface area (Å²) in [6.07, 6.45) is 3.09. The molecule has 2 aromatic rings. The maximum atomic E-state index is 6.59. The second kappa shape index (κ2) is 3.82. The van der Waals surface area contributed by atoms with E-state index in [4.69, 9.17) is 11.5 Å². The quantitative estimate of drug-likeness (QED) is 0.810. The highest BCUT2D eigenvalue weighted by Crippen LogP contribution is 2.40. The van der Waals surface area contributed by atoms with Crippen molar-refractivity contribution in [2.45, 2.75) is 24.8 Å². The number of anilines is 1. The minimum Gasteiger partial charge on any atom is -0.375 e. The highest BCUT2D eigenvalue weighted by atomic mass is 32.1. The van der Waals surface area contributed by atoms with Gasteiger partial charge in [0.25, 0.3) is 0 Å². The predicted octanol–water partition coefficient (Wildman–Crippen LogP) is 2.26. The molecular formula is C13H15N3S. The van der Waals surface area contributed by atoms with Gasteiger partial charge in [-0.1, -0.05) is 30.3 Å². The van der Waals surface area contributed by atoms with Gasteiger partial charge in [0, 0.05) is 4.88 Å². The van der Waals surface area contributed by atoms with Crippen molar-refractivity contribution < 1.29 is 0 Å². The molecule has 0 aliphatic heterocycles. The summed E-state index contributed by atoms with van der Waals surface area (Å²) >= 11 is 1.57. The van der Waals surface area contributed by atoms with Gasteiger partial charge in [0.05, 0.1) is 11.2 Å². The zero-order chi connectivity index (χ0) is 11.9. The topological polar surface area (TPSA) is 64.9 Å². The summed E-state index contributed by atoms with van der Waals surface area (Å²) in [5, 5.41) is 0.627. The Morgan fingerprint density at radius 2 is 2.00 bits per heavy atom. The number of fused-ring (bicyclic) bond motifs is 1. The Balaban J connectivity index is 2.15. The Hall–Kier alpha value is -1.39. The number of aryl methyl sites for hydroxylation is 1. The maximum absolute atomic E-state index is 6.59. The molecule has 4 heteroatoms. The van der Waals surface area contributed by atoms with Crippen LogP contribution in [-0.2, 0) is 12.0 Å². The van der Waals surface area contributed by atoms with Crippen molar-refractivity contribution in [3.8, 4) is 0 Å². The third kappa shape index (κ3) is 1.64. The summed E-state index contributed by atoms with van der Waals surface area (Å²) in [6, 6.07) is 10.2. The van der Waals surface area contributed by atoms with Gasteiger partial charge >= 0.3 is 0 Å². The lowest BCUT2D eigenvalue weighted by Gasteiger charge is -2.32. The van der Waals surface area contributed by atoms with E-state index < -0.39 is 5.54 Å². The normalized spacial score (nSPS) is 23.4. The first kappa shape index (κ1) is 10.7. The van der Waals surface area contributed by atoms with E-state index in [-0.39, 0.29) is 0 Å². The van der Waals surface area contributed by atoms with Crippen molar-refractivity contribution >= 4 is 16.5 Å². The van der Waals surface area contributed by atoms with E-state index in [1.165, 1.54) is 4.88 Å². The molecule has 0 amide bonds. The van der Waals surface area contributed by atoms with Gasteiger partial charge in [0.2, 0.25) is 0 Å². The Morgan fingerprint density at radius 3 is 2.76 bits per heavy atom. The summed E-state index contributed by atoms with van der Waals surface area (Å²) in [4.78, 5) is 5.70. The van der Waals surface area contributed by atoms with Crippen LogP contribution in [0, 0.1) is 0 Å². The molecule has 3 rings (SSSR count). The second-order valence-corrected chi connectivity index (χ2v) is 5.63. The molecule has 1 unspecified atom stereocenters. The highest BCUT2D eigenvalue weighted by Gasteiger charge is 2.37. The van der Waals surface area contributed by atoms with Crippen LogP contribution in [0.15, 0.2) is 30.3 Å². The van der Waals surface area contributed by atoms with Crippen LogP contribution in [0.2, 0.25) is 0 Å². The number of nitrogens with two attached hydrogens (primary N) is 2. The first-order valence-electron chi connectivity index (χ1n) is 5.80. The number of nitrogen functional groups attached to an aromatic ring is 1. The molecule has 17 heavy (non-hydrogen) atoms. The van der Waals surface area contributed by atoms with Crippen molar-refractivity contribution in [1.29, 1.82) is 0 Å². The number of hydrogen-bond acceptors (Lipinski definition) is 4. The van der Waals surface area contributed by atoms with Crippen molar-refractivity contribution in [2.75, 3.05) is 5.73 Å². The molecule has 0 radical (unpaired) electrons. The molecule has 1 aromatic carbocycles. The SMILES string of the molecule is Nc1nc2c(s1)CCCC2(N)c1ccccc1. The van der Waals surface area contributed by atoms with Crippen molar-refractivity contribution in [3.63, 3.8) is 0 Å². The van der Waals surface area contributed by atoms with E-state index in [0.29, 0.717) is 5.13 Å². The first-order valence-corrected chi connectivity index (χ1v) is 6.62. The summed E-state index contributed by atoms with van der Waals surface area (Å²) < 4.78 is 0. The maximum Gasteiger partial charge on any atom is 0.180 e. The Labute approximate surface area is 104 Å². The van der Waals surface area contributed by atoms with E-state index in [1.807, 2.05) is 18.2 Å². The lowest BCUT2D eigenvalue weighted by atomic mass is 9.78. The fourth-order valence-corrected chi connectivity index (χ4v) is 3.51. The van der Waals surface area contributed by atoms with E-state index in [1.54, 1.807) is 11.3 Å². The van der Waals surface area contributed by atoms with Crippen molar-refractivity contribution in [3.05, 3.63) is 46.5 Å². The summed E-state index contributed by atoms with van der Waals surface area (Å²) in [6.45, 7) is 0. The minimum atomic E-state index is -0.455. The minimum absolute atomic E-state index is 0.455. The fourth-order valence-electron chi connectivity index (χ4n) is 2.55. The fraction of sp³-hybridized carbons (Fsp3) is 0.308. The second-order valence-electron chi connectivity index (χ2n) is 4.51. The van der Waals surface area contributed by atoms with Crippen LogP contribution < -0.4 is 11.5 Å². The largest absolute Gasteiger partial charge is 0.375 e. The van der Waals surface area contributed by atoms with E-state index >= 15 is 0 Å². The molecule has 1 aromatic heterocycles. The number of nitrogens with zero attached hydrogens (tertiary/aromatic N) is 1.